The summed E-state index contributed by atoms with van der Waals surface area (Å²) in [7, 11) is 1.97. The van der Waals surface area contributed by atoms with Crippen LogP contribution in [0.25, 0.3) is 10.4 Å². The lowest BCUT2D eigenvalue weighted by Gasteiger charge is -2.06. The number of rotatable bonds is 3. The van der Waals surface area contributed by atoms with Crippen molar-refractivity contribution in [3.8, 4) is 10.4 Å². The van der Waals surface area contributed by atoms with Crippen LogP contribution in [0.3, 0.4) is 0 Å². The molecule has 2 aromatic rings. The lowest BCUT2D eigenvalue weighted by molar-refractivity contribution is 0.664. The van der Waals surface area contributed by atoms with E-state index < -0.39 is 0 Å². The van der Waals surface area contributed by atoms with Crippen molar-refractivity contribution in [1.82, 2.24) is 5.32 Å². The number of nitrogens with one attached hydrogen (secondary N) is 1. The minimum Gasteiger partial charge on any atom is -0.313 e. The van der Waals surface area contributed by atoms with Crippen molar-refractivity contribution < 1.29 is 0 Å². The van der Waals surface area contributed by atoms with E-state index in [9.17, 15) is 0 Å². The summed E-state index contributed by atoms with van der Waals surface area (Å²) < 4.78 is 1.16. The number of thiophene rings is 1. The summed E-state index contributed by atoms with van der Waals surface area (Å²) in [6.45, 7) is 2.16. The van der Waals surface area contributed by atoms with Gasteiger partial charge in [0, 0.05) is 24.9 Å². The predicted octanol–water partition coefficient (Wildman–Crippen LogP) is 4.95. The van der Waals surface area contributed by atoms with E-state index >= 15 is 0 Å². The minimum absolute atomic E-state index is 0.386. The van der Waals surface area contributed by atoms with Crippen molar-refractivity contribution in [3.63, 3.8) is 0 Å². The molecule has 1 N–H and O–H groups in total. The molecule has 1 aromatic heterocycles. The van der Waals surface area contributed by atoms with Gasteiger partial charge in [0.05, 0.1) is 5.02 Å². The second-order valence-corrected chi connectivity index (χ2v) is 6.60. The zero-order valence-electron chi connectivity index (χ0n) is 9.63. The standard InChI is InChI=1S/C13H13ClINS/c1-8(16-2)12-5-6-13(17-12)10-4-3-9(15)7-11(10)14/h3-8,16H,1-2H3. The topological polar surface area (TPSA) is 12.0 Å². The lowest BCUT2D eigenvalue weighted by Crippen LogP contribution is -2.10. The molecule has 17 heavy (non-hydrogen) atoms. The number of benzene rings is 1. The Morgan fingerprint density at radius 2 is 2.06 bits per heavy atom. The molecule has 1 nitrogen and oxygen atoms in total. The summed E-state index contributed by atoms with van der Waals surface area (Å²) in [6, 6.07) is 10.9. The molecule has 1 atom stereocenters. The van der Waals surface area contributed by atoms with E-state index in [2.05, 4.69) is 59.1 Å². The Hall–Kier alpha value is -0.100. The molecule has 0 saturated heterocycles. The molecule has 0 aliphatic heterocycles. The summed E-state index contributed by atoms with van der Waals surface area (Å²) >= 11 is 10.3. The van der Waals surface area contributed by atoms with E-state index in [0.29, 0.717) is 6.04 Å². The molecular weight excluding hydrogens is 365 g/mol. The third-order valence-corrected chi connectivity index (χ3v) is 4.97. The van der Waals surface area contributed by atoms with Crippen molar-refractivity contribution in [3.05, 3.63) is 43.8 Å². The van der Waals surface area contributed by atoms with Crippen molar-refractivity contribution in [2.45, 2.75) is 13.0 Å². The fourth-order valence-corrected chi connectivity index (χ4v) is 3.68. The van der Waals surface area contributed by atoms with Gasteiger partial charge >= 0.3 is 0 Å². The van der Waals surface area contributed by atoms with Crippen LogP contribution in [0.2, 0.25) is 5.02 Å². The monoisotopic (exact) mass is 377 g/mol. The van der Waals surface area contributed by atoms with Crippen LogP contribution in [0, 0.1) is 3.57 Å². The number of hydrogen-bond acceptors (Lipinski definition) is 2. The SMILES string of the molecule is CNC(C)c1ccc(-c2ccc(I)cc2Cl)s1. The Labute approximate surface area is 124 Å². The molecule has 1 aromatic carbocycles. The van der Waals surface area contributed by atoms with Gasteiger partial charge in [0.15, 0.2) is 0 Å². The van der Waals surface area contributed by atoms with Gasteiger partial charge in [-0.05, 0) is 60.8 Å². The molecular formula is C13H13ClINS. The Balaban J connectivity index is 2.37. The molecule has 0 amide bonds. The Morgan fingerprint density at radius 3 is 2.71 bits per heavy atom. The summed E-state index contributed by atoms with van der Waals surface area (Å²) in [6.07, 6.45) is 0. The van der Waals surface area contributed by atoms with Crippen molar-refractivity contribution in [2.75, 3.05) is 7.05 Å². The van der Waals surface area contributed by atoms with Gasteiger partial charge in [0.2, 0.25) is 0 Å². The summed E-state index contributed by atoms with van der Waals surface area (Å²) in [5, 5.41) is 4.07. The highest BCUT2D eigenvalue weighted by atomic mass is 127. The first-order valence-electron chi connectivity index (χ1n) is 5.34. The fraction of sp³-hybridized carbons (Fsp3) is 0.231. The molecule has 1 heterocycles. The van der Waals surface area contributed by atoms with Crippen LogP contribution in [0.1, 0.15) is 17.8 Å². The normalized spacial score (nSPS) is 12.7. The highest BCUT2D eigenvalue weighted by molar-refractivity contribution is 14.1. The van der Waals surface area contributed by atoms with Crippen LogP contribution in [0.5, 0.6) is 0 Å². The second kappa shape index (κ2) is 5.69. The first kappa shape index (κ1) is 13.3. The molecule has 2 rings (SSSR count). The molecule has 0 saturated carbocycles. The molecule has 0 spiro atoms. The van der Waals surface area contributed by atoms with Gasteiger partial charge < -0.3 is 5.32 Å². The van der Waals surface area contributed by atoms with E-state index in [1.54, 1.807) is 11.3 Å². The second-order valence-electron chi connectivity index (χ2n) is 3.84. The zero-order chi connectivity index (χ0) is 12.4. The summed E-state index contributed by atoms with van der Waals surface area (Å²) in [4.78, 5) is 2.56. The summed E-state index contributed by atoms with van der Waals surface area (Å²) in [5.41, 5.74) is 1.12. The predicted molar refractivity (Wildman–Crippen MR) is 85.0 cm³/mol. The van der Waals surface area contributed by atoms with Crippen LogP contribution in [-0.2, 0) is 0 Å². The molecule has 4 heteroatoms. The van der Waals surface area contributed by atoms with Gasteiger partial charge in [-0.3, -0.25) is 0 Å². The lowest BCUT2D eigenvalue weighted by atomic mass is 10.2. The fourth-order valence-electron chi connectivity index (χ4n) is 1.56. The third-order valence-electron chi connectivity index (χ3n) is 2.68. The van der Waals surface area contributed by atoms with Crippen molar-refractivity contribution in [2.24, 2.45) is 0 Å². The van der Waals surface area contributed by atoms with E-state index in [-0.39, 0.29) is 0 Å². The van der Waals surface area contributed by atoms with Gasteiger partial charge in [0.1, 0.15) is 0 Å². The smallest absolute Gasteiger partial charge is 0.0503 e. The van der Waals surface area contributed by atoms with Crippen LogP contribution < -0.4 is 5.32 Å². The number of hydrogen-bond donors (Lipinski definition) is 1. The van der Waals surface area contributed by atoms with Crippen LogP contribution in [-0.4, -0.2) is 7.05 Å². The van der Waals surface area contributed by atoms with Crippen LogP contribution >= 0.6 is 45.5 Å². The summed E-state index contributed by atoms with van der Waals surface area (Å²) in [5.74, 6) is 0. The average Bonchev–Trinajstić information content (AvgIpc) is 2.77. The maximum atomic E-state index is 6.27. The molecule has 0 aliphatic carbocycles. The van der Waals surface area contributed by atoms with E-state index in [1.807, 2.05) is 13.1 Å². The van der Waals surface area contributed by atoms with Crippen molar-refractivity contribution in [1.29, 1.82) is 0 Å². The molecule has 0 fully saturated rings. The van der Waals surface area contributed by atoms with E-state index in [1.165, 1.54) is 9.75 Å². The maximum Gasteiger partial charge on any atom is 0.0503 e. The van der Waals surface area contributed by atoms with Crippen molar-refractivity contribution >= 4 is 45.5 Å². The largest absolute Gasteiger partial charge is 0.313 e. The zero-order valence-corrected chi connectivity index (χ0v) is 13.4. The molecule has 90 valence electrons. The van der Waals surface area contributed by atoms with E-state index in [0.717, 1.165) is 14.2 Å². The third kappa shape index (κ3) is 3.02. The molecule has 0 bridgehead atoms. The molecule has 0 aliphatic rings. The minimum atomic E-state index is 0.386. The highest BCUT2D eigenvalue weighted by Crippen LogP contribution is 2.35. The Morgan fingerprint density at radius 1 is 1.29 bits per heavy atom. The average molecular weight is 378 g/mol. The first-order chi connectivity index (χ1) is 8.11. The first-order valence-corrected chi connectivity index (χ1v) is 7.61. The Kier molecular flexibility index (Phi) is 4.47. The van der Waals surface area contributed by atoms with Crippen LogP contribution in [0.15, 0.2) is 30.3 Å². The highest BCUT2D eigenvalue weighted by Gasteiger charge is 2.10. The quantitative estimate of drug-likeness (QED) is 0.746. The Bertz CT molecular complexity index is 524. The van der Waals surface area contributed by atoms with Gasteiger partial charge in [-0.2, -0.15) is 0 Å². The van der Waals surface area contributed by atoms with E-state index in [4.69, 9.17) is 11.6 Å². The van der Waals surface area contributed by atoms with Gasteiger partial charge in [-0.1, -0.05) is 17.7 Å². The van der Waals surface area contributed by atoms with Gasteiger partial charge in [-0.25, -0.2) is 0 Å². The molecule has 0 radical (unpaired) electrons. The van der Waals surface area contributed by atoms with Gasteiger partial charge in [0.25, 0.3) is 0 Å². The number of halogens is 2. The molecule has 1 unspecified atom stereocenters. The maximum absolute atomic E-state index is 6.27. The van der Waals surface area contributed by atoms with Crippen LogP contribution in [0.4, 0.5) is 0 Å². The van der Waals surface area contributed by atoms with Gasteiger partial charge in [-0.15, -0.1) is 11.3 Å².